The summed E-state index contributed by atoms with van der Waals surface area (Å²) in [5.74, 6) is -1.05. The van der Waals surface area contributed by atoms with Crippen molar-refractivity contribution < 1.29 is 14.3 Å². The molecule has 0 radical (unpaired) electrons. The molecule has 1 aliphatic rings. The number of nitrogens with one attached hydrogen (secondary N) is 1. The molecule has 2 atom stereocenters. The molecule has 1 heterocycles. The topological polar surface area (TPSA) is 67.8 Å². The molecule has 5 heteroatoms. The Labute approximate surface area is 142 Å². The van der Waals surface area contributed by atoms with E-state index in [4.69, 9.17) is 4.74 Å². The Hall–Kier alpha value is -2.43. The van der Waals surface area contributed by atoms with E-state index in [-0.39, 0.29) is 12.0 Å². The highest BCUT2D eigenvalue weighted by Gasteiger charge is 2.37. The van der Waals surface area contributed by atoms with Gasteiger partial charge in [-0.25, -0.2) is 9.79 Å². The summed E-state index contributed by atoms with van der Waals surface area (Å²) in [6, 6.07) is 7.01. The number of amides is 2. The first-order chi connectivity index (χ1) is 11.2. The Morgan fingerprint density at radius 1 is 1.33 bits per heavy atom. The van der Waals surface area contributed by atoms with E-state index < -0.39 is 24.0 Å². The number of urea groups is 1. The number of carbonyl (C=O) groups is 2. The van der Waals surface area contributed by atoms with Crippen LogP contribution in [0, 0.1) is 5.92 Å². The van der Waals surface area contributed by atoms with E-state index in [1.54, 1.807) is 6.92 Å². The van der Waals surface area contributed by atoms with Crippen LogP contribution >= 0.6 is 0 Å². The molecule has 0 aliphatic carbocycles. The van der Waals surface area contributed by atoms with Crippen molar-refractivity contribution in [3.63, 3.8) is 0 Å². The van der Waals surface area contributed by atoms with E-state index in [1.807, 2.05) is 24.3 Å². The van der Waals surface area contributed by atoms with Gasteiger partial charge in [-0.2, -0.15) is 0 Å². The average Bonchev–Trinajstić information content (AvgIpc) is 2.51. The lowest BCUT2D eigenvalue weighted by molar-refractivity contribution is -0.145. The zero-order chi connectivity index (χ0) is 17.9. The van der Waals surface area contributed by atoms with Gasteiger partial charge in [-0.15, -0.1) is 0 Å². The Morgan fingerprint density at radius 2 is 1.96 bits per heavy atom. The Kier molecular flexibility index (Phi) is 5.22. The van der Waals surface area contributed by atoms with E-state index in [0.717, 1.165) is 5.56 Å². The molecule has 1 aromatic rings. The van der Waals surface area contributed by atoms with Gasteiger partial charge >= 0.3 is 12.0 Å². The predicted octanol–water partition coefficient (Wildman–Crippen LogP) is 3.55. The lowest BCUT2D eigenvalue weighted by Crippen LogP contribution is -2.44. The third-order valence-corrected chi connectivity index (χ3v) is 4.07. The summed E-state index contributed by atoms with van der Waals surface area (Å²) in [6.07, 6.45) is 1.51. The van der Waals surface area contributed by atoms with E-state index >= 15 is 0 Å². The highest BCUT2D eigenvalue weighted by molar-refractivity contribution is 6.08. The molecule has 1 aromatic carbocycles. The molecule has 2 amide bonds. The van der Waals surface area contributed by atoms with Crippen LogP contribution in [0.2, 0.25) is 0 Å². The third-order valence-electron chi connectivity index (χ3n) is 4.07. The number of hydrogen-bond donors (Lipinski definition) is 1. The highest BCUT2D eigenvalue weighted by Crippen LogP contribution is 2.30. The number of hydrogen-bond acceptors (Lipinski definition) is 3. The van der Waals surface area contributed by atoms with Gasteiger partial charge < -0.3 is 10.1 Å². The van der Waals surface area contributed by atoms with Gasteiger partial charge in [-0.05, 0) is 23.5 Å². The van der Waals surface area contributed by atoms with Crippen molar-refractivity contribution in [3.8, 4) is 0 Å². The van der Waals surface area contributed by atoms with Gasteiger partial charge in [0, 0.05) is 5.71 Å². The van der Waals surface area contributed by atoms with Crippen molar-refractivity contribution in [1.82, 2.24) is 5.32 Å². The molecule has 5 nitrogen and oxygen atoms in total. The lowest BCUT2D eigenvalue weighted by Gasteiger charge is -2.30. The van der Waals surface area contributed by atoms with Gasteiger partial charge in [0.1, 0.15) is 12.5 Å². The number of ether oxygens (including phenoxy) is 1. The van der Waals surface area contributed by atoms with Crippen LogP contribution in [0.25, 0.3) is 0 Å². The van der Waals surface area contributed by atoms with E-state index in [2.05, 4.69) is 37.7 Å². The van der Waals surface area contributed by atoms with Crippen LogP contribution in [0.15, 0.2) is 41.9 Å². The number of esters is 1. The van der Waals surface area contributed by atoms with Gasteiger partial charge in [0.05, 0.1) is 6.04 Å². The highest BCUT2D eigenvalue weighted by atomic mass is 16.5. The summed E-state index contributed by atoms with van der Waals surface area (Å²) in [5, 5.41) is 2.78. The number of aliphatic imine (C=N–C) groups is 1. The minimum Gasteiger partial charge on any atom is -0.461 e. The van der Waals surface area contributed by atoms with Crippen LogP contribution in [0.4, 0.5) is 4.79 Å². The maximum absolute atomic E-state index is 12.4. The second-order valence-corrected chi connectivity index (χ2v) is 6.95. The van der Waals surface area contributed by atoms with Crippen LogP contribution in [0.1, 0.15) is 44.9 Å². The molecular weight excluding hydrogens is 304 g/mol. The zero-order valence-corrected chi connectivity index (χ0v) is 14.6. The summed E-state index contributed by atoms with van der Waals surface area (Å²) in [5.41, 5.74) is 2.53. The van der Waals surface area contributed by atoms with Crippen LogP contribution < -0.4 is 5.32 Å². The lowest BCUT2D eigenvalue weighted by atomic mass is 9.84. The van der Waals surface area contributed by atoms with Crippen molar-refractivity contribution in [2.24, 2.45) is 10.9 Å². The summed E-state index contributed by atoms with van der Waals surface area (Å²) in [6.45, 7) is 11.8. The van der Waals surface area contributed by atoms with Crippen LogP contribution in [-0.4, -0.2) is 24.3 Å². The first-order valence-corrected chi connectivity index (χ1v) is 7.97. The fourth-order valence-electron chi connectivity index (χ4n) is 2.72. The van der Waals surface area contributed by atoms with Crippen LogP contribution in [0.5, 0.6) is 0 Å². The molecule has 0 bridgehead atoms. The molecule has 0 aromatic heterocycles. The maximum Gasteiger partial charge on any atom is 0.341 e. The smallest absolute Gasteiger partial charge is 0.341 e. The minimum absolute atomic E-state index is 0.0357. The molecule has 0 saturated heterocycles. The van der Waals surface area contributed by atoms with Gasteiger partial charge in [0.15, 0.2) is 0 Å². The standard InChI is InChI=1S/C19H24N2O3/c1-6-11-24-17(22)15-12(2)20-18(23)21-16(15)13-7-9-14(10-8-13)19(3,4)5/h6-10,15-16H,1,11H2,2-5H3,(H,21,23). The molecule has 2 rings (SSSR count). The molecule has 0 spiro atoms. The predicted molar refractivity (Wildman–Crippen MR) is 94.2 cm³/mol. The fourth-order valence-corrected chi connectivity index (χ4v) is 2.72. The molecule has 0 saturated carbocycles. The fraction of sp³-hybridized carbons (Fsp3) is 0.421. The van der Waals surface area contributed by atoms with Crippen molar-refractivity contribution in [1.29, 1.82) is 0 Å². The summed E-state index contributed by atoms with van der Waals surface area (Å²) in [4.78, 5) is 28.0. The number of benzene rings is 1. The Balaban J connectivity index is 2.34. The van der Waals surface area contributed by atoms with Gasteiger partial charge in [0.2, 0.25) is 0 Å². The molecule has 128 valence electrons. The normalized spacial score (nSPS) is 20.8. The molecular formula is C19H24N2O3. The number of carbonyl (C=O) groups excluding carboxylic acids is 2. The van der Waals surface area contributed by atoms with E-state index in [9.17, 15) is 9.59 Å². The number of nitrogens with zero attached hydrogens (tertiary/aromatic N) is 1. The van der Waals surface area contributed by atoms with Crippen molar-refractivity contribution in [2.45, 2.75) is 39.2 Å². The summed E-state index contributed by atoms with van der Waals surface area (Å²) < 4.78 is 5.18. The van der Waals surface area contributed by atoms with Gasteiger partial charge in [-0.1, -0.05) is 57.7 Å². The molecule has 0 fully saturated rings. The summed E-state index contributed by atoms with van der Waals surface area (Å²) in [7, 11) is 0. The first kappa shape index (κ1) is 17.9. The largest absolute Gasteiger partial charge is 0.461 e. The second kappa shape index (κ2) is 6.99. The monoisotopic (exact) mass is 328 g/mol. The van der Waals surface area contributed by atoms with Crippen LogP contribution in [0.3, 0.4) is 0 Å². The van der Waals surface area contributed by atoms with Crippen molar-refractivity contribution in [2.75, 3.05) is 6.61 Å². The summed E-state index contributed by atoms with van der Waals surface area (Å²) >= 11 is 0. The average molecular weight is 328 g/mol. The van der Waals surface area contributed by atoms with E-state index in [1.165, 1.54) is 11.6 Å². The third kappa shape index (κ3) is 3.91. The van der Waals surface area contributed by atoms with Gasteiger partial charge in [-0.3, -0.25) is 4.79 Å². The molecule has 1 aliphatic heterocycles. The molecule has 1 N–H and O–H groups in total. The second-order valence-electron chi connectivity index (χ2n) is 6.95. The molecule has 24 heavy (non-hydrogen) atoms. The quantitative estimate of drug-likeness (QED) is 0.679. The minimum atomic E-state index is -0.636. The Morgan fingerprint density at radius 3 is 2.50 bits per heavy atom. The Bertz CT molecular complexity index is 669. The SMILES string of the molecule is C=CCOC(=O)C1C(C)=NC(=O)NC1c1ccc(C(C)(C)C)cc1. The first-order valence-electron chi connectivity index (χ1n) is 7.97. The maximum atomic E-state index is 12.4. The van der Waals surface area contributed by atoms with Crippen molar-refractivity contribution in [3.05, 3.63) is 48.0 Å². The van der Waals surface area contributed by atoms with Crippen LogP contribution in [-0.2, 0) is 14.9 Å². The zero-order valence-electron chi connectivity index (χ0n) is 14.6. The molecule has 2 unspecified atom stereocenters. The van der Waals surface area contributed by atoms with E-state index in [0.29, 0.717) is 5.71 Å². The van der Waals surface area contributed by atoms with Crippen molar-refractivity contribution >= 4 is 17.7 Å². The number of rotatable bonds is 4. The van der Waals surface area contributed by atoms with Gasteiger partial charge in [0.25, 0.3) is 0 Å².